The molecule has 7 aromatic carbocycles. The van der Waals surface area contributed by atoms with Crippen molar-refractivity contribution >= 4 is 65.4 Å². The molecule has 6 heteroatoms. The third-order valence-electron chi connectivity index (χ3n) is 10.1. The predicted octanol–water partition coefficient (Wildman–Crippen LogP) is 10.8. The standard InChI is InChI=1S/C45H28N6/c1-2-15-29(16-3-1)49-37-24-9-8-21-34(37)35-22-14-23-36(42(35)49)43-46-44(50-38-25-10-4-17-30(38)31-18-5-11-26-39(31)50)48-45(47-43)51-40-27-12-6-19-32(40)33-20-7-13-28-41(33)51/h1-28H. The Morgan fingerprint density at radius 3 is 1.14 bits per heavy atom. The molecule has 0 unspecified atom stereocenters. The smallest absolute Gasteiger partial charge is 0.240 e. The molecule has 11 rings (SSSR count). The van der Waals surface area contributed by atoms with E-state index in [1.54, 1.807) is 0 Å². The minimum absolute atomic E-state index is 0.564. The van der Waals surface area contributed by atoms with E-state index in [1.807, 2.05) is 0 Å². The van der Waals surface area contributed by atoms with Gasteiger partial charge in [-0.2, -0.15) is 15.0 Å². The second-order valence-corrected chi connectivity index (χ2v) is 12.9. The molecule has 0 saturated carbocycles. The van der Waals surface area contributed by atoms with Gasteiger partial charge in [-0.25, -0.2) is 0 Å². The highest BCUT2D eigenvalue weighted by atomic mass is 15.3. The summed E-state index contributed by atoms with van der Waals surface area (Å²) in [6.45, 7) is 0. The van der Waals surface area contributed by atoms with E-state index in [-0.39, 0.29) is 0 Å². The molecular weight excluding hydrogens is 625 g/mol. The molecule has 0 N–H and O–H groups in total. The minimum atomic E-state index is 0.564. The van der Waals surface area contributed by atoms with Crippen molar-refractivity contribution < 1.29 is 0 Å². The Kier molecular flexibility index (Phi) is 5.86. The summed E-state index contributed by atoms with van der Waals surface area (Å²) in [5.41, 5.74) is 8.36. The molecule has 0 bridgehead atoms. The number of para-hydroxylation sites is 7. The molecule has 238 valence electrons. The zero-order valence-corrected chi connectivity index (χ0v) is 27.3. The molecule has 0 aliphatic heterocycles. The Balaban J connectivity index is 1.30. The van der Waals surface area contributed by atoms with Crippen molar-refractivity contribution in [1.29, 1.82) is 0 Å². The van der Waals surface area contributed by atoms with Crippen LogP contribution in [0.2, 0.25) is 0 Å². The number of benzene rings is 7. The number of hydrogen-bond acceptors (Lipinski definition) is 3. The highest BCUT2D eigenvalue weighted by molar-refractivity contribution is 6.14. The molecule has 0 atom stereocenters. The Morgan fingerprint density at radius 1 is 0.294 bits per heavy atom. The van der Waals surface area contributed by atoms with Crippen molar-refractivity contribution in [1.82, 2.24) is 28.7 Å². The van der Waals surface area contributed by atoms with E-state index >= 15 is 0 Å². The summed E-state index contributed by atoms with van der Waals surface area (Å²) in [7, 11) is 0. The molecule has 0 saturated heterocycles. The summed E-state index contributed by atoms with van der Waals surface area (Å²) in [6.07, 6.45) is 0. The first-order chi connectivity index (χ1) is 25.3. The van der Waals surface area contributed by atoms with Crippen LogP contribution in [0, 0.1) is 0 Å². The average Bonchev–Trinajstić information content (AvgIpc) is 3.84. The van der Waals surface area contributed by atoms with Gasteiger partial charge in [0.25, 0.3) is 0 Å². The molecule has 4 heterocycles. The van der Waals surface area contributed by atoms with Crippen LogP contribution in [0.1, 0.15) is 0 Å². The summed E-state index contributed by atoms with van der Waals surface area (Å²) >= 11 is 0. The monoisotopic (exact) mass is 652 g/mol. The first-order valence-electron chi connectivity index (χ1n) is 17.1. The molecular formula is C45H28N6. The normalized spacial score (nSPS) is 11.9. The van der Waals surface area contributed by atoms with E-state index < -0.39 is 0 Å². The van der Waals surface area contributed by atoms with Gasteiger partial charge in [-0.1, -0.05) is 121 Å². The van der Waals surface area contributed by atoms with Gasteiger partial charge in [-0.15, -0.1) is 0 Å². The van der Waals surface area contributed by atoms with Crippen LogP contribution in [0.5, 0.6) is 0 Å². The second-order valence-electron chi connectivity index (χ2n) is 12.9. The second kappa shape index (κ2) is 10.7. The van der Waals surface area contributed by atoms with Gasteiger partial charge in [0.15, 0.2) is 5.82 Å². The third-order valence-corrected chi connectivity index (χ3v) is 10.1. The lowest BCUT2D eigenvalue weighted by Crippen LogP contribution is -2.10. The fourth-order valence-corrected chi connectivity index (χ4v) is 7.99. The molecule has 0 aliphatic rings. The van der Waals surface area contributed by atoms with E-state index in [0.29, 0.717) is 17.7 Å². The van der Waals surface area contributed by atoms with Crippen LogP contribution in [0.4, 0.5) is 0 Å². The molecule has 0 radical (unpaired) electrons. The summed E-state index contributed by atoms with van der Waals surface area (Å²) in [5, 5.41) is 6.93. The maximum Gasteiger partial charge on any atom is 0.240 e. The number of hydrogen-bond donors (Lipinski definition) is 0. The van der Waals surface area contributed by atoms with E-state index in [2.05, 4.69) is 184 Å². The first kappa shape index (κ1) is 27.9. The fraction of sp³-hybridized carbons (Fsp3) is 0. The van der Waals surface area contributed by atoms with Gasteiger partial charge in [0.05, 0.1) is 33.1 Å². The highest BCUT2D eigenvalue weighted by Gasteiger charge is 2.23. The van der Waals surface area contributed by atoms with Crippen molar-refractivity contribution in [3.8, 4) is 29.0 Å². The Bertz CT molecular complexity index is 2910. The van der Waals surface area contributed by atoms with Gasteiger partial charge in [-0.3, -0.25) is 9.13 Å². The molecule has 11 aromatic rings. The quantitative estimate of drug-likeness (QED) is 0.190. The molecule has 4 aromatic heterocycles. The molecule has 51 heavy (non-hydrogen) atoms. The summed E-state index contributed by atoms with van der Waals surface area (Å²) in [6, 6.07) is 59.5. The van der Waals surface area contributed by atoms with Gasteiger partial charge in [0.1, 0.15) is 0 Å². The number of fused-ring (bicyclic) bond motifs is 9. The zero-order valence-electron chi connectivity index (χ0n) is 27.3. The minimum Gasteiger partial charge on any atom is -0.309 e. The van der Waals surface area contributed by atoms with E-state index in [0.717, 1.165) is 71.3 Å². The fourth-order valence-electron chi connectivity index (χ4n) is 7.99. The van der Waals surface area contributed by atoms with Crippen LogP contribution in [0.3, 0.4) is 0 Å². The van der Waals surface area contributed by atoms with Crippen LogP contribution < -0.4 is 0 Å². The average molecular weight is 653 g/mol. The molecule has 6 nitrogen and oxygen atoms in total. The Labute approximate surface area is 292 Å². The van der Waals surface area contributed by atoms with Crippen LogP contribution >= 0.6 is 0 Å². The number of rotatable bonds is 4. The Hall–Kier alpha value is -7.05. The lowest BCUT2D eigenvalue weighted by molar-refractivity contribution is 0.893. The molecule has 0 aliphatic carbocycles. The van der Waals surface area contributed by atoms with Crippen molar-refractivity contribution in [3.05, 3.63) is 170 Å². The summed E-state index contributed by atoms with van der Waals surface area (Å²) in [4.78, 5) is 16.1. The summed E-state index contributed by atoms with van der Waals surface area (Å²) in [5.74, 6) is 1.73. The molecule has 0 amide bonds. The van der Waals surface area contributed by atoms with Crippen LogP contribution in [-0.2, 0) is 0 Å². The topological polar surface area (TPSA) is 53.5 Å². The maximum atomic E-state index is 5.39. The first-order valence-corrected chi connectivity index (χ1v) is 17.1. The molecule has 0 fully saturated rings. The van der Waals surface area contributed by atoms with Crippen molar-refractivity contribution in [2.45, 2.75) is 0 Å². The SMILES string of the molecule is c1ccc(-n2c3ccccc3c3cccc(-c4nc(-n5c6ccccc6c6ccccc65)nc(-n5c6ccccc6c6ccccc65)n4)c32)cc1. The lowest BCUT2D eigenvalue weighted by Gasteiger charge is -2.14. The molecule has 0 spiro atoms. The van der Waals surface area contributed by atoms with Gasteiger partial charge in [-0.05, 0) is 48.5 Å². The summed E-state index contributed by atoms with van der Waals surface area (Å²) < 4.78 is 6.70. The van der Waals surface area contributed by atoms with E-state index in [1.165, 1.54) is 5.39 Å². The van der Waals surface area contributed by atoms with Crippen molar-refractivity contribution in [2.75, 3.05) is 0 Å². The van der Waals surface area contributed by atoms with Crippen molar-refractivity contribution in [3.63, 3.8) is 0 Å². The highest BCUT2D eigenvalue weighted by Crippen LogP contribution is 2.39. The predicted molar refractivity (Wildman–Crippen MR) is 208 cm³/mol. The van der Waals surface area contributed by atoms with Gasteiger partial charge >= 0.3 is 0 Å². The largest absolute Gasteiger partial charge is 0.309 e. The van der Waals surface area contributed by atoms with Gasteiger partial charge in [0, 0.05) is 43.6 Å². The van der Waals surface area contributed by atoms with E-state index in [4.69, 9.17) is 15.0 Å². The van der Waals surface area contributed by atoms with Gasteiger partial charge in [0.2, 0.25) is 11.9 Å². The van der Waals surface area contributed by atoms with Gasteiger partial charge < -0.3 is 4.57 Å². The van der Waals surface area contributed by atoms with Crippen LogP contribution in [-0.4, -0.2) is 28.7 Å². The third kappa shape index (κ3) is 4.01. The number of nitrogens with zero attached hydrogens (tertiary/aromatic N) is 6. The lowest BCUT2D eigenvalue weighted by atomic mass is 10.1. The van der Waals surface area contributed by atoms with Crippen LogP contribution in [0.25, 0.3) is 94.4 Å². The van der Waals surface area contributed by atoms with Crippen molar-refractivity contribution in [2.24, 2.45) is 0 Å². The Morgan fingerprint density at radius 2 is 0.667 bits per heavy atom. The van der Waals surface area contributed by atoms with E-state index in [9.17, 15) is 0 Å². The zero-order chi connectivity index (χ0) is 33.5. The number of aromatic nitrogens is 6. The maximum absolute atomic E-state index is 5.39. The van der Waals surface area contributed by atoms with Crippen LogP contribution in [0.15, 0.2) is 170 Å².